The number of urea groups is 1. The van der Waals surface area contributed by atoms with Crippen LogP contribution in [0.25, 0.3) is 0 Å². The first kappa shape index (κ1) is 14.0. The van der Waals surface area contributed by atoms with Crippen LogP contribution in [-0.2, 0) is 4.79 Å². The largest absolute Gasteiger partial charge is 0.399 e. The number of hydrogen-bond donors (Lipinski definition) is 2. The summed E-state index contributed by atoms with van der Waals surface area (Å²) in [5.74, 6) is -0.346. The lowest BCUT2D eigenvalue weighted by molar-refractivity contribution is -0.115. The SMILES string of the molecule is CC(=O)N(C(=O)NC(C)(C)C)c1ccc(N)cc1. The summed E-state index contributed by atoms with van der Waals surface area (Å²) in [7, 11) is 0. The van der Waals surface area contributed by atoms with Crippen LogP contribution in [-0.4, -0.2) is 17.5 Å². The number of anilines is 2. The van der Waals surface area contributed by atoms with E-state index in [0.29, 0.717) is 11.4 Å². The fourth-order valence-electron chi connectivity index (χ4n) is 1.44. The van der Waals surface area contributed by atoms with E-state index in [1.54, 1.807) is 24.3 Å². The van der Waals surface area contributed by atoms with E-state index in [4.69, 9.17) is 5.73 Å². The Morgan fingerprint density at radius 2 is 1.67 bits per heavy atom. The van der Waals surface area contributed by atoms with E-state index in [-0.39, 0.29) is 5.91 Å². The van der Waals surface area contributed by atoms with Gasteiger partial charge in [0.2, 0.25) is 5.91 Å². The molecule has 0 unspecified atom stereocenters. The average molecular weight is 249 g/mol. The van der Waals surface area contributed by atoms with Gasteiger partial charge in [0.1, 0.15) is 0 Å². The molecule has 0 saturated heterocycles. The minimum absolute atomic E-state index is 0.346. The minimum Gasteiger partial charge on any atom is -0.399 e. The first-order valence-electron chi connectivity index (χ1n) is 5.69. The molecule has 18 heavy (non-hydrogen) atoms. The summed E-state index contributed by atoms with van der Waals surface area (Å²) >= 11 is 0. The van der Waals surface area contributed by atoms with Gasteiger partial charge in [-0.25, -0.2) is 9.69 Å². The summed E-state index contributed by atoms with van der Waals surface area (Å²) in [6.45, 7) is 6.91. The van der Waals surface area contributed by atoms with Gasteiger partial charge in [0.05, 0.1) is 5.69 Å². The molecule has 0 aromatic heterocycles. The highest BCUT2D eigenvalue weighted by molar-refractivity contribution is 6.13. The average Bonchev–Trinajstić information content (AvgIpc) is 2.18. The zero-order valence-electron chi connectivity index (χ0n) is 11.2. The predicted octanol–water partition coefficient (Wildman–Crippen LogP) is 2.13. The van der Waals surface area contributed by atoms with E-state index in [1.807, 2.05) is 20.8 Å². The second-order valence-electron chi connectivity index (χ2n) is 5.13. The Labute approximate surface area is 107 Å². The third kappa shape index (κ3) is 3.76. The molecule has 0 bridgehead atoms. The van der Waals surface area contributed by atoms with E-state index in [2.05, 4.69) is 5.32 Å². The summed E-state index contributed by atoms with van der Waals surface area (Å²) < 4.78 is 0. The normalized spacial score (nSPS) is 10.9. The van der Waals surface area contributed by atoms with Crippen LogP contribution >= 0.6 is 0 Å². The molecule has 1 aromatic carbocycles. The first-order valence-corrected chi connectivity index (χ1v) is 5.69. The van der Waals surface area contributed by atoms with Crippen LogP contribution in [0.15, 0.2) is 24.3 Å². The number of nitrogens with one attached hydrogen (secondary N) is 1. The van der Waals surface area contributed by atoms with Gasteiger partial charge in [-0.05, 0) is 45.0 Å². The van der Waals surface area contributed by atoms with Crippen molar-refractivity contribution in [2.24, 2.45) is 0 Å². The smallest absolute Gasteiger partial charge is 0.329 e. The van der Waals surface area contributed by atoms with Crippen molar-refractivity contribution in [1.29, 1.82) is 0 Å². The number of carbonyl (C=O) groups is 2. The van der Waals surface area contributed by atoms with Crippen LogP contribution in [0.5, 0.6) is 0 Å². The third-order valence-electron chi connectivity index (χ3n) is 2.15. The van der Waals surface area contributed by atoms with Gasteiger partial charge in [0.25, 0.3) is 0 Å². The number of imide groups is 1. The summed E-state index contributed by atoms with van der Waals surface area (Å²) in [5, 5.41) is 2.75. The number of nitrogens with zero attached hydrogens (tertiary/aromatic N) is 1. The number of nitrogen functional groups attached to an aromatic ring is 1. The molecule has 0 spiro atoms. The molecule has 0 aliphatic carbocycles. The van der Waals surface area contributed by atoms with Crippen LogP contribution in [0.4, 0.5) is 16.2 Å². The molecule has 0 heterocycles. The van der Waals surface area contributed by atoms with E-state index in [9.17, 15) is 9.59 Å². The topological polar surface area (TPSA) is 75.4 Å². The molecule has 1 rings (SSSR count). The maximum absolute atomic E-state index is 12.0. The summed E-state index contributed by atoms with van der Waals surface area (Å²) in [4.78, 5) is 24.7. The number of hydrogen-bond acceptors (Lipinski definition) is 3. The van der Waals surface area contributed by atoms with Crippen molar-refractivity contribution < 1.29 is 9.59 Å². The van der Waals surface area contributed by atoms with E-state index in [1.165, 1.54) is 6.92 Å². The highest BCUT2D eigenvalue weighted by atomic mass is 16.2. The molecule has 0 radical (unpaired) electrons. The van der Waals surface area contributed by atoms with Crippen molar-refractivity contribution >= 4 is 23.3 Å². The zero-order chi connectivity index (χ0) is 13.9. The molecule has 0 aliphatic heterocycles. The van der Waals surface area contributed by atoms with E-state index in [0.717, 1.165) is 4.90 Å². The number of nitrogens with two attached hydrogens (primary N) is 1. The van der Waals surface area contributed by atoms with Crippen molar-refractivity contribution in [1.82, 2.24) is 5.32 Å². The van der Waals surface area contributed by atoms with Gasteiger partial charge < -0.3 is 11.1 Å². The fraction of sp³-hybridized carbons (Fsp3) is 0.385. The van der Waals surface area contributed by atoms with Gasteiger partial charge in [0.15, 0.2) is 0 Å². The summed E-state index contributed by atoms with van der Waals surface area (Å²) in [5.41, 5.74) is 6.25. The van der Waals surface area contributed by atoms with Crippen LogP contribution < -0.4 is 16.0 Å². The quantitative estimate of drug-likeness (QED) is 0.749. The Kier molecular flexibility index (Phi) is 3.96. The minimum atomic E-state index is -0.445. The molecule has 0 aliphatic rings. The van der Waals surface area contributed by atoms with Crippen molar-refractivity contribution in [2.45, 2.75) is 33.2 Å². The maximum Gasteiger partial charge on any atom is 0.329 e. The molecule has 0 fully saturated rings. The molecule has 0 atom stereocenters. The molecule has 5 heteroatoms. The number of amides is 3. The van der Waals surface area contributed by atoms with Crippen LogP contribution in [0.3, 0.4) is 0 Å². The Balaban J connectivity index is 3.00. The molecule has 98 valence electrons. The molecular weight excluding hydrogens is 230 g/mol. The highest BCUT2D eigenvalue weighted by Gasteiger charge is 2.23. The summed E-state index contributed by atoms with van der Waals surface area (Å²) in [6, 6.07) is 6.13. The maximum atomic E-state index is 12.0. The molecule has 3 amide bonds. The van der Waals surface area contributed by atoms with Crippen molar-refractivity contribution in [2.75, 3.05) is 10.6 Å². The number of rotatable bonds is 1. The number of carbonyl (C=O) groups excluding carboxylic acids is 2. The highest BCUT2D eigenvalue weighted by Crippen LogP contribution is 2.17. The molecule has 1 aromatic rings. The van der Waals surface area contributed by atoms with Crippen molar-refractivity contribution in [3.63, 3.8) is 0 Å². The van der Waals surface area contributed by atoms with Crippen molar-refractivity contribution in [3.05, 3.63) is 24.3 Å². The fourth-order valence-corrected chi connectivity index (χ4v) is 1.44. The molecule has 3 N–H and O–H groups in total. The first-order chi connectivity index (χ1) is 8.20. The molecule has 0 saturated carbocycles. The van der Waals surface area contributed by atoms with E-state index < -0.39 is 11.6 Å². The molecular formula is C13H19N3O2. The van der Waals surface area contributed by atoms with E-state index >= 15 is 0 Å². The monoisotopic (exact) mass is 249 g/mol. The van der Waals surface area contributed by atoms with Gasteiger partial charge in [0, 0.05) is 18.2 Å². The van der Waals surface area contributed by atoms with Gasteiger partial charge >= 0.3 is 6.03 Å². The summed E-state index contributed by atoms with van der Waals surface area (Å²) in [6.07, 6.45) is 0. The lowest BCUT2D eigenvalue weighted by Crippen LogP contribution is -2.50. The van der Waals surface area contributed by atoms with Crippen LogP contribution in [0, 0.1) is 0 Å². The van der Waals surface area contributed by atoms with Crippen molar-refractivity contribution in [3.8, 4) is 0 Å². The van der Waals surface area contributed by atoms with Gasteiger partial charge in [-0.3, -0.25) is 4.79 Å². The zero-order valence-corrected chi connectivity index (χ0v) is 11.2. The van der Waals surface area contributed by atoms with Gasteiger partial charge in [-0.1, -0.05) is 0 Å². The van der Waals surface area contributed by atoms with Crippen LogP contribution in [0.1, 0.15) is 27.7 Å². The third-order valence-corrected chi connectivity index (χ3v) is 2.15. The lowest BCUT2D eigenvalue weighted by atomic mass is 10.1. The second kappa shape index (κ2) is 5.08. The Morgan fingerprint density at radius 1 is 1.17 bits per heavy atom. The number of benzene rings is 1. The molecule has 5 nitrogen and oxygen atoms in total. The Morgan fingerprint density at radius 3 is 2.06 bits per heavy atom. The second-order valence-corrected chi connectivity index (χ2v) is 5.13. The Bertz CT molecular complexity index is 446. The predicted molar refractivity (Wildman–Crippen MR) is 72.3 cm³/mol. The standard InChI is InChI=1S/C13H19N3O2/c1-9(17)16(12(18)15-13(2,3)4)11-7-5-10(14)6-8-11/h5-8H,14H2,1-4H3,(H,15,18). The van der Waals surface area contributed by atoms with Gasteiger partial charge in [-0.15, -0.1) is 0 Å². The Hall–Kier alpha value is -2.04. The van der Waals surface area contributed by atoms with Gasteiger partial charge in [-0.2, -0.15) is 0 Å². The van der Waals surface area contributed by atoms with Crippen LogP contribution in [0.2, 0.25) is 0 Å². The lowest BCUT2D eigenvalue weighted by Gasteiger charge is -2.26.